The lowest BCUT2D eigenvalue weighted by Gasteiger charge is -2.33. The molecule has 0 fully saturated rings. The average molecular weight is 479 g/mol. The molecule has 1 atom stereocenters. The van der Waals surface area contributed by atoms with Gasteiger partial charge in [-0.3, -0.25) is 9.59 Å². The predicted octanol–water partition coefficient (Wildman–Crippen LogP) is 5.74. The van der Waals surface area contributed by atoms with Gasteiger partial charge in [-0.05, 0) is 57.4 Å². The van der Waals surface area contributed by atoms with Crippen LogP contribution in [0.2, 0.25) is 5.02 Å². The molecule has 32 heavy (non-hydrogen) atoms. The molecule has 174 valence electrons. The molecule has 0 radical (unpaired) electrons. The van der Waals surface area contributed by atoms with Crippen LogP contribution in [0, 0.1) is 12.7 Å². The van der Waals surface area contributed by atoms with Gasteiger partial charge in [-0.25, -0.2) is 4.39 Å². The Morgan fingerprint density at radius 2 is 1.84 bits per heavy atom. The number of amides is 2. The predicted molar refractivity (Wildman–Crippen MR) is 131 cm³/mol. The number of thioether (sulfide) groups is 1. The molecule has 0 saturated heterocycles. The first kappa shape index (κ1) is 26.2. The highest BCUT2D eigenvalue weighted by atomic mass is 35.5. The van der Waals surface area contributed by atoms with Crippen LogP contribution in [-0.2, 0) is 21.9 Å². The van der Waals surface area contributed by atoms with Crippen LogP contribution in [0.1, 0.15) is 50.8 Å². The maximum absolute atomic E-state index is 14.1. The van der Waals surface area contributed by atoms with Gasteiger partial charge in [-0.15, -0.1) is 11.8 Å². The van der Waals surface area contributed by atoms with E-state index in [-0.39, 0.29) is 29.1 Å². The third-order valence-corrected chi connectivity index (χ3v) is 6.32. The Morgan fingerprint density at radius 1 is 1.16 bits per heavy atom. The zero-order chi connectivity index (χ0) is 23.9. The van der Waals surface area contributed by atoms with Gasteiger partial charge in [0.25, 0.3) is 0 Å². The van der Waals surface area contributed by atoms with Gasteiger partial charge >= 0.3 is 0 Å². The first-order valence-electron chi connectivity index (χ1n) is 10.7. The highest BCUT2D eigenvalue weighted by molar-refractivity contribution is 7.99. The fraction of sp³-hybridized carbons (Fsp3) is 0.440. The van der Waals surface area contributed by atoms with Crippen LogP contribution in [0.15, 0.2) is 42.5 Å². The largest absolute Gasteiger partial charge is 0.350 e. The Hall–Kier alpha value is -2.05. The lowest BCUT2D eigenvalue weighted by atomic mass is 10.0. The van der Waals surface area contributed by atoms with Crippen LogP contribution < -0.4 is 5.32 Å². The van der Waals surface area contributed by atoms with Crippen molar-refractivity contribution < 1.29 is 14.0 Å². The van der Waals surface area contributed by atoms with E-state index in [9.17, 15) is 14.0 Å². The number of nitrogens with one attached hydrogen (secondary N) is 1. The van der Waals surface area contributed by atoms with E-state index in [1.807, 2.05) is 58.9 Å². The number of hydrogen-bond donors (Lipinski definition) is 1. The van der Waals surface area contributed by atoms with E-state index in [1.165, 1.54) is 17.8 Å². The molecule has 4 nitrogen and oxygen atoms in total. The SMILES string of the molecule is CC[C@H](C(=O)NC(C)(C)C)N(Cc1ccccc1C)C(=O)CSCc1c(F)cccc1Cl. The van der Waals surface area contributed by atoms with Crippen molar-refractivity contribution in [3.05, 3.63) is 70.0 Å². The number of nitrogens with zero attached hydrogens (tertiary/aromatic N) is 1. The first-order valence-corrected chi connectivity index (χ1v) is 12.2. The number of hydrogen-bond acceptors (Lipinski definition) is 3. The van der Waals surface area contributed by atoms with Gasteiger partial charge in [0, 0.05) is 28.4 Å². The highest BCUT2D eigenvalue weighted by Gasteiger charge is 2.30. The van der Waals surface area contributed by atoms with E-state index in [1.54, 1.807) is 17.0 Å². The van der Waals surface area contributed by atoms with Crippen molar-refractivity contribution in [2.45, 2.75) is 64.9 Å². The van der Waals surface area contributed by atoms with E-state index in [0.29, 0.717) is 23.6 Å². The Morgan fingerprint density at radius 3 is 2.44 bits per heavy atom. The van der Waals surface area contributed by atoms with Gasteiger partial charge < -0.3 is 10.2 Å². The highest BCUT2D eigenvalue weighted by Crippen LogP contribution is 2.25. The topological polar surface area (TPSA) is 49.4 Å². The molecule has 0 aliphatic rings. The molecule has 0 bridgehead atoms. The fourth-order valence-corrected chi connectivity index (χ4v) is 4.59. The minimum absolute atomic E-state index is 0.121. The monoisotopic (exact) mass is 478 g/mol. The summed E-state index contributed by atoms with van der Waals surface area (Å²) in [6, 6.07) is 11.8. The van der Waals surface area contributed by atoms with Crippen LogP contribution in [0.3, 0.4) is 0 Å². The second kappa shape index (κ2) is 11.7. The molecule has 0 aliphatic heterocycles. The Labute approximate surface area is 199 Å². The summed E-state index contributed by atoms with van der Waals surface area (Å²) in [4.78, 5) is 27.9. The smallest absolute Gasteiger partial charge is 0.243 e. The van der Waals surface area contributed by atoms with E-state index in [2.05, 4.69) is 5.32 Å². The molecule has 2 amide bonds. The van der Waals surface area contributed by atoms with Gasteiger partial charge in [0.2, 0.25) is 11.8 Å². The van der Waals surface area contributed by atoms with Crippen molar-refractivity contribution in [2.75, 3.05) is 5.75 Å². The number of halogens is 2. The lowest BCUT2D eigenvalue weighted by Crippen LogP contribution is -2.53. The summed E-state index contributed by atoms with van der Waals surface area (Å²) in [5, 5.41) is 3.34. The number of benzene rings is 2. The number of aryl methyl sites for hydroxylation is 1. The summed E-state index contributed by atoms with van der Waals surface area (Å²) in [5.74, 6) is -0.327. The summed E-state index contributed by atoms with van der Waals surface area (Å²) in [5.41, 5.74) is 2.03. The van der Waals surface area contributed by atoms with Crippen LogP contribution in [-0.4, -0.2) is 34.0 Å². The second-order valence-corrected chi connectivity index (χ2v) is 10.2. The fourth-order valence-electron chi connectivity index (χ4n) is 3.34. The van der Waals surface area contributed by atoms with Gasteiger partial charge in [0.15, 0.2) is 0 Å². The summed E-state index contributed by atoms with van der Waals surface area (Å²) in [6.07, 6.45) is 0.489. The summed E-state index contributed by atoms with van der Waals surface area (Å²) in [7, 11) is 0. The van der Waals surface area contributed by atoms with Gasteiger partial charge in [0.05, 0.1) is 5.75 Å². The lowest BCUT2D eigenvalue weighted by molar-refractivity contribution is -0.140. The quantitative estimate of drug-likeness (QED) is 0.499. The van der Waals surface area contributed by atoms with Crippen molar-refractivity contribution in [2.24, 2.45) is 0 Å². The molecule has 0 aromatic heterocycles. The molecular weight excluding hydrogens is 447 g/mol. The maximum atomic E-state index is 14.1. The number of rotatable bonds is 9. The molecule has 0 spiro atoms. The van der Waals surface area contributed by atoms with Crippen LogP contribution in [0.4, 0.5) is 4.39 Å². The second-order valence-electron chi connectivity index (χ2n) is 8.80. The van der Waals surface area contributed by atoms with Crippen molar-refractivity contribution in [3.63, 3.8) is 0 Å². The van der Waals surface area contributed by atoms with Crippen molar-refractivity contribution >= 4 is 35.2 Å². The zero-order valence-electron chi connectivity index (χ0n) is 19.4. The molecule has 2 aromatic carbocycles. The van der Waals surface area contributed by atoms with Gasteiger partial charge in [-0.1, -0.05) is 48.9 Å². The number of carbonyl (C=O) groups excluding carboxylic acids is 2. The molecule has 2 aromatic rings. The summed E-state index contributed by atoms with van der Waals surface area (Å²) < 4.78 is 14.1. The van der Waals surface area contributed by atoms with Gasteiger partial charge in [0.1, 0.15) is 11.9 Å². The van der Waals surface area contributed by atoms with E-state index in [4.69, 9.17) is 11.6 Å². The third kappa shape index (κ3) is 7.52. The van der Waals surface area contributed by atoms with Crippen molar-refractivity contribution in [3.8, 4) is 0 Å². The molecule has 2 rings (SSSR count). The molecule has 1 N–H and O–H groups in total. The Balaban J connectivity index is 2.21. The van der Waals surface area contributed by atoms with Gasteiger partial charge in [-0.2, -0.15) is 0 Å². The maximum Gasteiger partial charge on any atom is 0.243 e. The van der Waals surface area contributed by atoms with Crippen molar-refractivity contribution in [1.29, 1.82) is 0 Å². The Kier molecular flexibility index (Phi) is 9.59. The molecule has 0 unspecified atom stereocenters. The molecule has 0 saturated carbocycles. The minimum atomic E-state index is -0.598. The van der Waals surface area contributed by atoms with Crippen LogP contribution in [0.25, 0.3) is 0 Å². The summed E-state index contributed by atoms with van der Waals surface area (Å²) >= 11 is 7.40. The zero-order valence-corrected chi connectivity index (χ0v) is 20.9. The molecule has 0 aliphatic carbocycles. The normalized spacial score (nSPS) is 12.3. The van der Waals surface area contributed by atoms with Crippen molar-refractivity contribution in [1.82, 2.24) is 10.2 Å². The van der Waals surface area contributed by atoms with Crippen LogP contribution in [0.5, 0.6) is 0 Å². The third-order valence-electron chi connectivity index (χ3n) is 5.02. The molecular formula is C25H32ClFN2O2S. The van der Waals surface area contributed by atoms with E-state index in [0.717, 1.165) is 11.1 Å². The minimum Gasteiger partial charge on any atom is -0.350 e. The number of carbonyl (C=O) groups is 2. The average Bonchev–Trinajstić information content (AvgIpc) is 2.70. The van der Waals surface area contributed by atoms with Crippen LogP contribution >= 0.6 is 23.4 Å². The van der Waals surface area contributed by atoms with E-state index >= 15 is 0 Å². The molecule has 0 heterocycles. The first-order chi connectivity index (χ1) is 15.0. The standard InChI is InChI=1S/C25H32ClFN2O2S/c1-6-22(24(31)28-25(3,4)5)29(14-18-11-8-7-10-17(18)2)23(30)16-32-15-19-20(26)12-9-13-21(19)27/h7-13,22H,6,14-16H2,1-5H3,(H,28,31)/t22-/m1/s1. The van der Waals surface area contributed by atoms with E-state index < -0.39 is 11.6 Å². The Bertz CT molecular complexity index is 926. The summed E-state index contributed by atoms with van der Waals surface area (Å²) in [6.45, 7) is 9.97. The molecule has 7 heteroatoms.